The third-order valence-electron chi connectivity index (χ3n) is 13.7. The molecule has 0 bridgehead atoms. The molecule has 7 amide bonds. The first kappa shape index (κ1) is 55.6. The molecule has 68 heavy (non-hydrogen) atoms. The van der Waals surface area contributed by atoms with E-state index in [1.54, 1.807) is 44.3 Å². The lowest BCUT2D eigenvalue weighted by Crippen LogP contribution is -2.60. The van der Waals surface area contributed by atoms with Crippen LogP contribution in [0.1, 0.15) is 116 Å². The van der Waals surface area contributed by atoms with Gasteiger partial charge >= 0.3 is 0 Å². The number of likely N-dealkylation sites (N-methyl/N-ethyl adjacent to an activating group) is 2. The number of thiazole rings is 1. The molecule has 0 spiro atoms. The van der Waals surface area contributed by atoms with Crippen molar-refractivity contribution in [1.29, 1.82) is 0 Å². The standard InChI is InChI=1S/C51H77N7O9S/c1-12-34(6)46(56(9)51(65)44(32(2)3)54-49(64)45(33(4)5)55(8)40(59)23-17-14-18-27-58-41(60)24-25-42(58)61)39(66-10)31-43(62)57-28-19-22-38(57)47(67-11)35(7)48(63)53-37(50-52-26-29-68-50)30-36-20-15-13-16-21-36/h13,15-16,20-21,24-26,29,32-35,37-39,44-47H,12,14,17-19,22-23,27-28,30-31H2,1-11H3,(H,53,63)(H,54,64)/t34-,35-,37+,38-,39-,44-,45-,46+,47-/m1/s1. The van der Waals surface area contributed by atoms with Crippen molar-refractivity contribution < 1.29 is 43.0 Å². The van der Waals surface area contributed by atoms with Gasteiger partial charge in [0.1, 0.15) is 17.1 Å². The second-order valence-corrected chi connectivity index (χ2v) is 20.0. The van der Waals surface area contributed by atoms with Crippen LogP contribution in [0.25, 0.3) is 0 Å². The van der Waals surface area contributed by atoms with Gasteiger partial charge in [-0.05, 0) is 55.4 Å². The maximum atomic E-state index is 14.6. The molecular formula is C51H77N7O9S. The van der Waals surface area contributed by atoms with Gasteiger partial charge in [-0.1, -0.05) is 91.6 Å². The number of likely N-dealkylation sites (tertiary alicyclic amines) is 1. The SMILES string of the molecule is CC[C@@H](C)[C@@H]([C@@H](CC(=O)N1CCC[C@@H]1[C@H](OC)[C@@H](C)C(=O)N[C@@H](Cc1ccccc1)c1nccs1)OC)N(C)C(=O)[C@H](NC(=O)[C@@H](C(C)C)N(C)C(=O)CCCCCN1C(=O)C=CC1=O)C(C)C. The summed E-state index contributed by atoms with van der Waals surface area (Å²) in [6.45, 7) is 14.1. The highest BCUT2D eigenvalue weighted by Crippen LogP contribution is 2.31. The number of nitrogens with one attached hydrogen (secondary N) is 2. The molecule has 1 fully saturated rings. The smallest absolute Gasteiger partial charge is 0.253 e. The molecular weight excluding hydrogens is 887 g/mol. The van der Waals surface area contributed by atoms with Gasteiger partial charge in [0.2, 0.25) is 29.5 Å². The van der Waals surface area contributed by atoms with Crippen LogP contribution in [-0.4, -0.2) is 144 Å². The zero-order valence-corrected chi connectivity index (χ0v) is 43.0. The number of carbonyl (C=O) groups is 7. The van der Waals surface area contributed by atoms with E-state index in [1.165, 1.54) is 33.3 Å². The number of hydrogen-bond acceptors (Lipinski definition) is 11. The first-order valence-corrected chi connectivity index (χ1v) is 25.2. The number of aromatic nitrogens is 1. The first-order valence-electron chi connectivity index (χ1n) is 24.3. The largest absolute Gasteiger partial charge is 0.379 e. The van der Waals surface area contributed by atoms with Crippen LogP contribution in [0.3, 0.4) is 0 Å². The molecule has 0 radical (unpaired) electrons. The van der Waals surface area contributed by atoms with Gasteiger partial charge in [0.25, 0.3) is 11.8 Å². The van der Waals surface area contributed by atoms with Crippen molar-refractivity contribution in [2.24, 2.45) is 23.7 Å². The number of methoxy groups -OCH3 is 2. The van der Waals surface area contributed by atoms with Crippen LogP contribution < -0.4 is 10.6 Å². The number of imide groups is 1. The topological polar surface area (TPSA) is 188 Å². The summed E-state index contributed by atoms with van der Waals surface area (Å²) in [5, 5.41) is 8.92. The van der Waals surface area contributed by atoms with Crippen LogP contribution in [0.5, 0.6) is 0 Å². The second-order valence-electron chi connectivity index (χ2n) is 19.1. The molecule has 2 aliphatic rings. The van der Waals surface area contributed by atoms with E-state index in [9.17, 15) is 33.6 Å². The summed E-state index contributed by atoms with van der Waals surface area (Å²) < 4.78 is 12.1. The zero-order valence-electron chi connectivity index (χ0n) is 42.1. The van der Waals surface area contributed by atoms with Crippen LogP contribution >= 0.6 is 11.3 Å². The zero-order chi connectivity index (χ0) is 50.2. The lowest BCUT2D eigenvalue weighted by atomic mass is 9.89. The molecule has 0 saturated carbocycles. The van der Waals surface area contributed by atoms with Crippen molar-refractivity contribution in [3.8, 4) is 0 Å². The first-order chi connectivity index (χ1) is 32.4. The van der Waals surface area contributed by atoms with E-state index in [-0.39, 0.29) is 84.7 Å². The van der Waals surface area contributed by atoms with Crippen LogP contribution in [0.2, 0.25) is 0 Å². The molecule has 1 aromatic carbocycles. The Labute approximate surface area is 407 Å². The number of carbonyl (C=O) groups excluding carboxylic acids is 7. The van der Waals surface area contributed by atoms with E-state index in [0.717, 1.165) is 17.0 Å². The Balaban J connectivity index is 1.42. The van der Waals surface area contributed by atoms with Crippen LogP contribution in [-0.2, 0) is 49.5 Å². The average Bonchev–Trinajstić information content (AvgIpc) is 4.10. The van der Waals surface area contributed by atoms with Crippen LogP contribution in [0.15, 0.2) is 54.1 Å². The summed E-state index contributed by atoms with van der Waals surface area (Å²) in [4.78, 5) is 105. The van der Waals surface area contributed by atoms with Crippen molar-refractivity contribution >= 4 is 52.7 Å². The normalized spacial score (nSPS) is 18.5. The van der Waals surface area contributed by atoms with Gasteiger partial charge < -0.3 is 34.8 Å². The predicted molar refractivity (Wildman–Crippen MR) is 262 cm³/mol. The second kappa shape index (κ2) is 26.7. The molecule has 16 nitrogen and oxygen atoms in total. The molecule has 0 unspecified atom stereocenters. The number of rotatable bonds is 27. The van der Waals surface area contributed by atoms with Crippen LogP contribution in [0.4, 0.5) is 0 Å². The summed E-state index contributed by atoms with van der Waals surface area (Å²) in [5.41, 5.74) is 1.07. The third kappa shape index (κ3) is 14.5. The van der Waals surface area contributed by atoms with Crippen molar-refractivity contribution in [3.05, 3.63) is 64.6 Å². The highest BCUT2D eigenvalue weighted by Gasteiger charge is 2.44. The molecule has 2 N–H and O–H groups in total. The maximum Gasteiger partial charge on any atom is 0.253 e. The van der Waals surface area contributed by atoms with Crippen molar-refractivity contribution in [1.82, 2.24) is 35.2 Å². The van der Waals surface area contributed by atoms with Gasteiger partial charge in [-0.15, -0.1) is 11.3 Å². The average molecular weight is 964 g/mol. The lowest BCUT2D eigenvalue weighted by molar-refractivity contribution is -0.148. The maximum absolute atomic E-state index is 14.6. The minimum absolute atomic E-state index is 0.0212. The molecule has 1 aromatic heterocycles. The highest BCUT2D eigenvalue weighted by molar-refractivity contribution is 7.09. The lowest BCUT2D eigenvalue weighted by Gasteiger charge is -2.41. The van der Waals surface area contributed by atoms with Crippen molar-refractivity contribution in [2.75, 3.05) is 41.4 Å². The summed E-state index contributed by atoms with van der Waals surface area (Å²) in [6.07, 6.45) is 7.44. The third-order valence-corrected chi connectivity index (χ3v) is 14.6. The molecule has 0 aliphatic carbocycles. The number of nitrogens with zero attached hydrogens (tertiary/aromatic N) is 5. The van der Waals surface area contributed by atoms with Gasteiger partial charge in [0.05, 0.1) is 42.7 Å². The van der Waals surface area contributed by atoms with Gasteiger partial charge in [-0.3, -0.25) is 38.5 Å². The molecule has 4 rings (SSSR count). The van der Waals surface area contributed by atoms with E-state index < -0.39 is 42.2 Å². The number of unbranched alkanes of at least 4 members (excludes halogenated alkanes) is 2. The summed E-state index contributed by atoms with van der Waals surface area (Å²) >= 11 is 1.49. The van der Waals surface area contributed by atoms with Crippen molar-refractivity contribution in [2.45, 2.75) is 149 Å². The fourth-order valence-corrected chi connectivity index (χ4v) is 10.4. The van der Waals surface area contributed by atoms with Gasteiger partial charge in [0, 0.05) is 71.6 Å². The molecule has 3 heterocycles. The molecule has 2 aliphatic heterocycles. The van der Waals surface area contributed by atoms with Gasteiger partial charge in [-0.25, -0.2) is 4.98 Å². The Morgan fingerprint density at radius 1 is 0.868 bits per heavy atom. The molecule has 9 atom stereocenters. The summed E-state index contributed by atoms with van der Waals surface area (Å²) in [7, 11) is 6.40. The van der Waals surface area contributed by atoms with Gasteiger partial charge in [0.15, 0.2) is 0 Å². The van der Waals surface area contributed by atoms with E-state index in [2.05, 4.69) is 15.6 Å². The summed E-state index contributed by atoms with van der Waals surface area (Å²) in [6, 6.07) is 6.91. The molecule has 2 aromatic rings. The van der Waals surface area contributed by atoms with E-state index >= 15 is 0 Å². The minimum Gasteiger partial charge on any atom is -0.379 e. The fourth-order valence-electron chi connectivity index (χ4n) is 9.67. The van der Waals surface area contributed by atoms with E-state index in [0.29, 0.717) is 45.1 Å². The highest BCUT2D eigenvalue weighted by atomic mass is 32.1. The van der Waals surface area contributed by atoms with E-state index in [4.69, 9.17) is 9.47 Å². The fraction of sp³-hybridized carbons (Fsp3) is 0.647. The monoisotopic (exact) mass is 964 g/mol. The van der Waals surface area contributed by atoms with Gasteiger partial charge in [-0.2, -0.15) is 0 Å². The molecule has 376 valence electrons. The quantitative estimate of drug-likeness (QED) is 0.0847. The Morgan fingerprint density at radius 3 is 2.12 bits per heavy atom. The number of amides is 7. The minimum atomic E-state index is -0.941. The number of hydrogen-bond donors (Lipinski definition) is 2. The van der Waals surface area contributed by atoms with Crippen molar-refractivity contribution in [3.63, 3.8) is 0 Å². The Kier molecular flexibility index (Phi) is 21.8. The van der Waals surface area contributed by atoms with Crippen LogP contribution in [0, 0.1) is 23.7 Å². The molecule has 1 saturated heterocycles. The Hall–Kier alpha value is -5.00. The number of ether oxygens (including phenoxy) is 2. The number of benzene rings is 1. The molecule has 17 heteroatoms. The Morgan fingerprint density at radius 2 is 1.54 bits per heavy atom. The van der Waals surface area contributed by atoms with E-state index in [1.807, 2.05) is 84.2 Å². The Bertz CT molecular complexity index is 2000. The predicted octanol–water partition coefficient (Wildman–Crippen LogP) is 5.57. The summed E-state index contributed by atoms with van der Waals surface area (Å²) in [5.74, 6) is -3.32.